The third kappa shape index (κ3) is 4.86. The summed E-state index contributed by atoms with van der Waals surface area (Å²) in [6.07, 6.45) is 4.00. The molecule has 0 bridgehead atoms. The van der Waals surface area contributed by atoms with Gasteiger partial charge >= 0.3 is 0 Å². The molecule has 0 aromatic heterocycles. The highest BCUT2D eigenvalue weighted by molar-refractivity contribution is 8.13. The molecule has 2 heterocycles. The monoisotopic (exact) mass is 406 g/mol. The summed E-state index contributed by atoms with van der Waals surface area (Å²) in [4.78, 5) is 8.65. The Morgan fingerprint density at radius 3 is 2.86 bits per heavy atom. The van der Waals surface area contributed by atoms with E-state index in [1.54, 1.807) is 18.8 Å². The van der Waals surface area contributed by atoms with Crippen molar-refractivity contribution in [1.29, 1.82) is 0 Å². The molecule has 28 heavy (non-hydrogen) atoms. The van der Waals surface area contributed by atoms with Crippen molar-refractivity contribution < 1.29 is 14.2 Å². The standard InChI is InChI=1S/C20H30N4O3S/c1-21-10-13-9-14(24-13)11-26-19-16(20(23-3)28-4)5-6-17(18(19)22-2)27-15-7-8-25-12-15/h5-6,13-15,21,24H,2,7-12H2,1,3-4H3. The number of aliphatic imine (C=N–C) groups is 2. The number of rotatable bonds is 9. The molecule has 3 atom stereocenters. The van der Waals surface area contributed by atoms with Crippen LogP contribution in [0.25, 0.3) is 0 Å². The summed E-state index contributed by atoms with van der Waals surface area (Å²) in [7, 11) is 3.75. The molecular weight excluding hydrogens is 376 g/mol. The molecule has 0 radical (unpaired) electrons. The van der Waals surface area contributed by atoms with Crippen molar-refractivity contribution in [2.45, 2.75) is 31.0 Å². The zero-order valence-electron chi connectivity index (χ0n) is 16.9. The summed E-state index contributed by atoms with van der Waals surface area (Å²) in [6.45, 7) is 6.62. The minimum atomic E-state index is 0.0367. The lowest BCUT2D eigenvalue weighted by Gasteiger charge is -2.37. The van der Waals surface area contributed by atoms with Crippen LogP contribution >= 0.6 is 11.8 Å². The van der Waals surface area contributed by atoms with E-state index in [1.807, 2.05) is 25.4 Å². The molecule has 2 fully saturated rings. The zero-order chi connectivity index (χ0) is 19.9. The second-order valence-electron chi connectivity index (χ2n) is 6.95. The van der Waals surface area contributed by atoms with Gasteiger partial charge in [-0.3, -0.25) is 9.98 Å². The van der Waals surface area contributed by atoms with Gasteiger partial charge in [0.2, 0.25) is 0 Å². The first-order valence-corrected chi connectivity index (χ1v) is 10.8. The largest absolute Gasteiger partial charge is 0.489 e. The van der Waals surface area contributed by atoms with E-state index in [1.165, 1.54) is 0 Å². The summed E-state index contributed by atoms with van der Waals surface area (Å²) in [5, 5.41) is 7.61. The van der Waals surface area contributed by atoms with E-state index in [0.29, 0.717) is 42.5 Å². The van der Waals surface area contributed by atoms with Gasteiger partial charge in [-0.15, -0.1) is 11.8 Å². The lowest BCUT2D eigenvalue weighted by molar-refractivity contribution is 0.141. The van der Waals surface area contributed by atoms with Crippen molar-refractivity contribution in [3.05, 3.63) is 17.7 Å². The number of nitrogens with zero attached hydrogens (tertiary/aromatic N) is 2. The maximum absolute atomic E-state index is 6.26. The summed E-state index contributed by atoms with van der Waals surface area (Å²) in [6, 6.07) is 4.75. The summed E-state index contributed by atoms with van der Waals surface area (Å²) >= 11 is 1.58. The Morgan fingerprint density at radius 2 is 2.25 bits per heavy atom. The van der Waals surface area contributed by atoms with Crippen LogP contribution in [0.1, 0.15) is 18.4 Å². The van der Waals surface area contributed by atoms with E-state index in [9.17, 15) is 0 Å². The van der Waals surface area contributed by atoms with Gasteiger partial charge in [-0.1, -0.05) is 0 Å². The van der Waals surface area contributed by atoms with Crippen molar-refractivity contribution in [3.8, 4) is 11.5 Å². The van der Waals surface area contributed by atoms with Crippen LogP contribution in [0.4, 0.5) is 5.69 Å². The molecule has 8 heteroatoms. The molecule has 7 nitrogen and oxygen atoms in total. The van der Waals surface area contributed by atoms with Gasteiger partial charge in [0.15, 0.2) is 5.75 Å². The molecule has 3 rings (SSSR count). The second-order valence-corrected chi connectivity index (χ2v) is 7.74. The first-order chi connectivity index (χ1) is 13.7. The molecular formula is C20H30N4O3S. The fourth-order valence-electron chi connectivity index (χ4n) is 3.56. The maximum atomic E-state index is 6.26. The van der Waals surface area contributed by atoms with Crippen molar-refractivity contribution in [2.24, 2.45) is 9.98 Å². The Kier molecular flexibility index (Phi) is 7.73. The molecule has 2 saturated heterocycles. The zero-order valence-corrected chi connectivity index (χ0v) is 17.7. The summed E-state index contributed by atoms with van der Waals surface area (Å²) in [5.41, 5.74) is 1.55. The summed E-state index contributed by atoms with van der Waals surface area (Å²) < 4.78 is 17.8. The highest BCUT2D eigenvalue weighted by atomic mass is 32.2. The van der Waals surface area contributed by atoms with E-state index in [0.717, 1.165) is 36.6 Å². The van der Waals surface area contributed by atoms with E-state index in [2.05, 4.69) is 27.3 Å². The number of hydrogen-bond donors (Lipinski definition) is 2. The van der Waals surface area contributed by atoms with E-state index in [4.69, 9.17) is 14.2 Å². The number of hydrogen-bond acceptors (Lipinski definition) is 8. The fraction of sp³-hybridized carbons (Fsp3) is 0.600. The van der Waals surface area contributed by atoms with Crippen LogP contribution in [-0.2, 0) is 4.74 Å². The van der Waals surface area contributed by atoms with Gasteiger partial charge in [0, 0.05) is 32.1 Å². The molecule has 0 amide bonds. The minimum absolute atomic E-state index is 0.0367. The van der Waals surface area contributed by atoms with Gasteiger partial charge < -0.3 is 24.8 Å². The molecule has 2 aliphatic rings. The number of benzene rings is 1. The predicted molar refractivity (Wildman–Crippen MR) is 116 cm³/mol. The smallest absolute Gasteiger partial charge is 0.158 e. The van der Waals surface area contributed by atoms with Gasteiger partial charge in [-0.2, -0.15) is 0 Å². The van der Waals surface area contributed by atoms with Gasteiger partial charge in [0.25, 0.3) is 0 Å². The number of nitrogens with one attached hydrogen (secondary N) is 2. The molecule has 1 aromatic rings. The molecule has 2 N–H and O–H groups in total. The van der Waals surface area contributed by atoms with Crippen LogP contribution in [0.5, 0.6) is 11.5 Å². The third-order valence-corrected chi connectivity index (χ3v) is 5.77. The van der Waals surface area contributed by atoms with E-state index >= 15 is 0 Å². The highest BCUT2D eigenvalue weighted by Crippen LogP contribution is 2.42. The van der Waals surface area contributed by atoms with Crippen LogP contribution in [0.15, 0.2) is 22.1 Å². The van der Waals surface area contributed by atoms with Crippen LogP contribution in [0.3, 0.4) is 0 Å². The molecule has 2 aliphatic heterocycles. The van der Waals surface area contributed by atoms with Crippen molar-refractivity contribution in [3.63, 3.8) is 0 Å². The second kappa shape index (κ2) is 10.2. The Hall–Kier alpha value is -1.61. The van der Waals surface area contributed by atoms with E-state index < -0.39 is 0 Å². The van der Waals surface area contributed by atoms with E-state index in [-0.39, 0.29) is 6.10 Å². The first-order valence-electron chi connectivity index (χ1n) is 9.62. The maximum Gasteiger partial charge on any atom is 0.158 e. The van der Waals surface area contributed by atoms with Crippen LogP contribution in [-0.4, -0.2) is 76.7 Å². The number of thioether (sulfide) groups is 1. The molecule has 3 unspecified atom stereocenters. The fourth-order valence-corrected chi connectivity index (χ4v) is 4.12. The molecule has 1 aromatic carbocycles. The lowest BCUT2D eigenvalue weighted by atomic mass is 9.98. The first kappa shape index (κ1) is 21.1. The van der Waals surface area contributed by atoms with Crippen LogP contribution < -0.4 is 20.1 Å². The topological polar surface area (TPSA) is 76.5 Å². The quantitative estimate of drug-likeness (QED) is 0.484. The highest BCUT2D eigenvalue weighted by Gasteiger charge is 2.29. The Bertz CT molecular complexity index is 701. The van der Waals surface area contributed by atoms with Crippen molar-refractivity contribution in [2.75, 3.05) is 46.7 Å². The Balaban J connectivity index is 1.81. The van der Waals surface area contributed by atoms with Crippen molar-refractivity contribution in [1.82, 2.24) is 10.6 Å². The number of likely N-dealkylation sites (N-methyl/N-ethyl adjacent to an activating group) is 1. The van der Waals surface area contributed by atoms with Crippen LogP contribution in [0.2, 0.25) is 0 Å². The Labute approximate surface area is 171 Å². The average molecular weight is 407 g/mol. The normalized spacial score (nSPS) is 24.7. The number of ether oxygens (including phenoxy) is 3. The summed E-state index contributed by atoms with van der Waals surface area (Å²) in [5.74, 6) is 1.36. The van der Waals surface area contributed by atoms with Gasteiger partial charge in [0.1, 0.15) is 29.2 Å². The minimum Gasteiger partial charge on any atom is -0.489 e. The van der Waals surface area contributed by atoms with Gasteiger partial charge in [-0.05, 0) is 38.6 Å². The van der Waals surface area contributed by atoms with Gasteiger partial charge in [-0.25, -0.2) is 0 Å². The molecule has 0 spiro atoms. The third-order valence-electron chi connectivity index (χ3n) is 4.98. The average Bonchev–Trinajstić information content (AvgIpc) is 3.18. The molecule has 0 saturated carbocycles. The molecule has 154 valence electrons. The Morgan fingerprint density at radius 1 is 1.43 bits per heavy atom. The van der Waals surface area contributed by atoms with Crippen molar-refractivity contribution >= 4 is 29.2 Å². The lowest BCUT2D eigenvalue weighted by Crippen LogP contribution is -2.58. The van der Waals surface area contributed by atoms with Crippen LogP contribution in [0, 0.1) is 0 Å². The van der Waals surface area contributed by atoms with Gasteiger partial charge in [0.05, 0.1) is 18.8 Å². The SMILES string of the molecule is C=Nc1c(OC2CCOC2)ccc(C(=NC)SC)c1OCC1CC(CNC)N1. The molecule has 0 aliphatic carbocycles. The predicted octanol–water partition coefficient (Wildman–Crippen LogP) is 2.25.